The minimum Gasteiger partial charge on any atom is -0.465 e. The highest BCUT2D eigenvalue weighted by molar-refractivity contribution is 5.89. The minimum absolute atomic E-state index is 0.00698. The van der Waals surface area contributed by atoms with Crippen LogP contribution in [0.25, 0.3) is 0 Å². The molecular formula is C14H18N2O4. The third-order valence-corrected chi connectivity index (χ3v) is 3.27. The van der Waals surface area contributed by atoms with Crippen molar-refractivity contribution in [3.63, 3.8) is 0 Å². The lowest BCUT2D eigenvalue weighted by Crippen LogP contribution is -2.34. The quantitative estimate of drug-likeness (QED) is 0.828. The summed E-state index contributed by atoms with van der Waals surface area (Å²) < 4.78 is 9.87. The Labute approximate surface area is 117 Å². The van der Waals surface area contributed by atoms with E-state index >= 15 is 0 Å². The van der Waals surface area contributed by atoms with E-state index in [4.69, 9.17) is 4.74 Å². The van der Waals surface area contributed by atoms with E-state index in [2.05, 4.69) is 15.0 Å². The normalized spacial score (nSPS) is 15.7. The summed E-state index contributed by atoms with van der Waals surface area (Å²) in [6.45, 7) is 1.57. The number of carbonyl (C=O) groups excluding carboxylic acids is 2. The molecule has 0 aromatic carbocycles. The maximum absolute atomic E-state index is 12.0. The van der Waals surface area contributed by atoms with Crippen LogP contribution in [0.2, 0.25) is 0 Å². The van der Waals surface area contributed by atoms with Crippen molar-refractivity contribution in [3.05, 3.63) is 29.6 Å². The largest absolute Gasteiger partial charge is 0.465 e. The number of hydrogen-bond donors (Lipinski definition) is 1. The molecule has 1 aromatic rings. The molecule has 0 aliphatic carbocycles. The van der Waals surface area contributed by atoms with Crippen molar-refractivity contribution in [3.8, 4) is 0 Å². The van der Waals surface area contributed by atoms with Crippen molar-refractivity contribution in [1.29, 1.82) is 0 Å². The first-order valence-electron chi connectivity index (χ1n) is 6.59. The van der Waals surface area contributed by atoms with Gasteiger partial charge in [0.25, 0.3) is 0 Å². The molecule has 0 saturated carbocycles. The number of carbonyl (C=O) groups is 2. The predicted molar refractivity (Wildman–Crippen MR) is 71.0 cm³/mol. The first kappa shape index (κ1) is 14.5. The van der Waals surface area contributed by atoms with E-state index < -0.39 is 5.97 Å². The zero-order valence-electron chi connectivity index (χ0n) is 11.4. The highest BCUT2D eigenvalue weighted by atomic mass is 16.5. The lowest BCUT2D eigenvalue weighted by molar-refractivity contribution is -0.128. The van der Waals surface area contributed by atoms with Gasteiger partial charge in [-0.2, -0.15) is 0 Å². The van der Waals surface area contributed by atoms with E-state index in [0.717, 1.165) is 12.8 Å². The van der Waals surface area contributed by atoms with Crippen LogP contribution in [0.1, 0.15) is 28.9 Å². The summed E-state index contributed by atoms with van der Waals surface area (Å²) in [5, 5.41) is 2.84. The van der Waals surface area contributed by atoms with Crippen molar-refractivity contribution < 1.29 is 19.1 Å². The number of rotatable bonds is 4. The van der Waals surface area contributed by atoms with E-state index in [1.54, 1.807) is 12.1 Å². The SMILES string of the molecule is COC(=O)c1ccnc(CNC(=O)C2CCOCC2)c1. The second-order valence-electron chi connectivity index (χ2n) is 4.63. The summed E-state index contributed by atoms with van der Waals surface area (Å²) in [6.07, 6.45) is 3.03. The topological polar surface area (TPSA) is 77.5 Å². The van der Waals surface area contributed by atoms with Gasteiger partial charge in [0.1, 0.15) is 0 Å². The van der Waals surface area contributed by atoms with Crippen LogP contribution in [-0.4, -0.2) is 37.2 Å². The molecule has 0 radical (unpaired) electrons. The van der Waals surface area contributed by atoms with Gasteiger partial charge in [0, 0.05) is 25.3 Å². The molecule has 0 bridgehead atoms. The number of nitrogens with one attached hydrogen (secondary N) is 1. The molecule has 6 nitrogen and oxygen atoms in total. The van der Waals surface area contributed by atoms with Gasteiger partial charge in [0.05, 0.1) is 24.9 Å². The van der Waals surface area contributed by atoms with Gasteiger partial charge in [-0.25, -0.2) is 4.79 Å². The molecule has 1 saturated heterocycles. The molecule has 0 atom stereocenters. The van der Waals surface area contributed by atoms with E-state index in [1.807, 2.05) is 0 Å². The van der Waals surface area contributed by atoms with Crippen LogP contribution in [0, 0.1) is 5.92 Å². The highest BCUT2D eigenvalue weighted by Gasteiger charge is 2.21. The van der Waals surface area contributed by atoms with Crippen LogP contribution in [-0.2, 0) is 20.8 Å². The minimum atomic E-state index is -0.413. The average molecular weight is 278 g/mol. The zero-order valence-corrected chi connectivity index (χ0v) is 11.4. The summed E-state index contributed by atoms with van der Waals surface area (Å²) in [5.41, 5.74) is 1.06. The fourth-order valence-electron chi connectivity index (χ4n) is 2.10. The number of ether oxygens (including phenoxy) is 2. The molecule has 2 heterocycles. The van der Waals surface area contributed by atoms with Gasteiger partial charge in [-0.1, -0.05) is 0 Å². The van der Waals surface area contributed by atoms with Gasteiger partial charge in [-0.05, 0) is 25.0 Å². The first-order valence-corrected chi connectivity index (χ1v) is 6.59. The molecule has 0 spiro atoms. The van der Waals surface area contributed by atoms with Crippen molar-refractivity contribution in [2.75, 3.05) is 20.3 Å². The highest BCUT2D eigenvalue weighted by Crippen LogP contribution is 2.14. The van der Waals surface area contributed by atoms with Crippen molar-refractivity contribution in [1.82, 2.24) is 10.3 Å². The second-order valence-corrected chi connectivity index (χ2v) is 4.63. The first-order chi connectivity index (χ1) is 9.70. The molecule has 0 unspecified atom stereocenters. The van der Waals surface area contributed by atoms with Crippen molar-refractivity contribution >= 4 is 11.9 Å². The Balaban J connectivity index is 1.90. The third-order valence-electron chi connectivity index (χ3n) is 3.27. The summed E-state index contributed by atoms with van der Waals surface area (Å²) in [7, 11) is 1.33. The van der Waals surface area contributed by atoms with E-state index in [9.17, 15) is 9.59 Å². The molecule has 108 valence electrons. The van der Waals surface area contributed by atoms with Crippen LogP contribution >= 0.6 is 0 Å². The van der Waals surface area contributed by atoms with Gasteiger partial charge < -0.3 is 14.8 Å². The van der Waals surface area contributed by atoms with Gasteiger partial charge in [-0.15, -0.1) is 0 Å². The van der Waals surface area contributed by atoms with Gasteiger partial charge in [0.15, 0.2) is 0 Å². The maximum Gasteiger partial charge on any atom is 0.337 e. The van der Waals surface area contributed by atoms with Crippen LogP contribution in [0.3, 0.4) is 0 Å². The standard InChI is InChI=1S/C14H18N2O4/c1-19-14(18)11-2-5-15-12(8-11)9-16-13(17)10-3-6-20-7-4-10/h2,5,8,10H,3-4,6-7,9H2,1H3,(H,16,17). The van der Waals surface area contributed by atoms with Crippen molar-refractivity contribution in [2.45, 2.75) is 19.4 Å². The Morgan fingerprint density at radius 3 is 2.90 bits per heavy atom. The Morgan fingerprint density at radius 2 is 2.20 bits per heavy atom. The predicted octanol–water partition coefficient (Wildman–Crippen LogP) is 0.911. The van der Waals surface area contributed by atoms with Gasteiger partial charge in [0.2, 0.25) is 5.91 Å². The van der Waals surface area contributed by atoms with Crippen molar-refractivity contribution in [2.24, 2.45) is 5.92 Å². The number of nitrogens with zero attached hydrogens (tertiary/aromatic N) is 1. The van der Waals surface area contributed by atoms with Crippen LogP contribution in [0.15, 0.2) is 18.3 Å². The molecule has 1 amide bonds. The molecule has 1 aliphatic heterocycles. The molecule has 1 aromatic heterocycles. The third kappa shape index (κ3) is 3.77. The number of aromatic nitrogens is 1. The molecule has 20 heavy (non-hydrogen) atoms. The van der Waals surface area contributed by atoms with Gasteiger partial charge >= 0.3 is 5.97 Å². The fourth-order valence-corrected chi connectivity index (χ4v) is 2.10. The monoisotopic (exact) mass is 278 g/mol. The summed E-state index contributed by atoms with van der Waals surface area (Å²) in [5.74, 6) is -0.393. The van der Waals surface area contributed by atoms with E-state index in [-0.39, 0.29) is 11.8 Å². The van der Waals surface area contributed by atoms with Crippen LogP contribution < -0.4 is 5.32 Å². The smallest absolute Gasteiger partial charge is 0.337 e. The lowest BCUT2D eigenvalue weighted by atomic mass is 9.99. The average Bonchev–Trinajstić information content (AvgIpc) is 2.53. The molecule has 2 rings (SSSR count). The molecular weight excluding hydrogens is 260 g/mol. The number of pyridine rings is 1. The summed E-state index contributed by atoms with van der Waals surface area (Å²) in [6, 6.07) is 3.20. The Bertz CT molecular complexity index is 484. The van der Waals surface area contributed by atoms with Gasteiger partial charge in [-0.3, -0.25) is 9.78 Å². The van der Waals surface area contributed by atoms with Crippen LogP contribution in [0.4, 0.5) is 0 Å². The number of hydrogen-bond acceptors (Lipinski definition) is 5. The van der Waals surface area contributed by atoms with Crippen LogP contribution in [0.5, 0.6) is 0 Å². The fraction of sp³-hybridized carbons (Fsp3) is 0.500. The Morgan fingerprint density at radius 1 is 1.45 bits per heavy atom. The molecule has 1 aliphatic rings. The van der Waals surface area contributed by atoms with E-state index in [0.29, 0.717) is 31.0 Å². The number of methoxy groups -OCH3 is 1. The molecule has 6 heteroatoms. The number of amides is 1. The molecule has 1 fully saturated rings. The maximum atomic E-state index is 12.0. The Kier molecular flexibility index (Phi) is 5.06. The second kappa shape index (κ2) is 7.00. The summed E-state index contributed by atoms with van der Waals surface area (Å²) in [4.78, 5) is 27.5. The summed E-state index contributed by atoms with van der Waals surface area (Å²) >= 11 is 0. The lowest BCUT2D eigenvalue weighted by Gasteiger charge is -2.21. The zero-order chi connectivity index (χ0) is 14.4. The van der Waals surface area contributed by atoms with E-state index in [1.165, 1.54) is 13.3 Å². The molecule has 1 N–H and O–H groups in total. The Hall–Kier alpha value is -1.95. The number of esters is 1.